The van der Waals surface area contributed by atoms with E-state index < -0.39 is 6.04 Å². The van der Waals surface area contributed by atoms with Gasteiger partial charge in [0.1, 0.15) is 11.8 Å². The van der Waals surface area contributed by atoms with Crippen LogP contribution in [0, 0.1) is 0 Å². The van der Waals surface area contributed by atoms with E-state index in [0.29, 0.717) is 0 Å². The summed E-state index contributed by atoms with van der Waals surface area (Å²) in [7, 11) is 0. The lowest BCUT2D eigenvalue weighted by Crippen LogP contribution is -2.39. The fraction of sp³-hybridized carbons (Fsp3) is 0.462. The van der Waals surface area contributed by atoms with Crippen molar-refractivity contribution >= 4 is 5.91 Å². The normalized spacial score (nSPS) is 17.9. The molecule has 1 fully saturated rings. The van der Waals surface area contributed by atoms with Gasteiger partial charge in [-0.05, 0) is 30.5 Å². The minimum absolute atomic E-state index is 0.136. The first-order valence-corrected chi connectivity index (χ1v) is 6.01. The molecule has 0 unspecified atom stereocenters. The molecule has 4 nitrogen and oxygen atoms in total. The van der Waals surface area contributed by atoms with E-state index in [2.05, 4.69) is 5.32 Å². The number of phenolic OH excluding ortho intramolecular Hbond substituents is 1. The van der Waals surface area contributed by atoms with Crippen LogP contribution in [0.1, 0.15) is 37.3 Å². The van der Waals surface area contributed by atoms with Crippen molar-refractivity contribution in [2.75, 3.05) is 0 Å². The van der Waals surface area contributed by atoms with Crippen LogP contribution in [0.15, 0.2) is 24.3 Å². The molecule has 0 radical (unpaired) electrons. The molecule has 1 aromatic rings. The highest BCUT2D eigenvalue weighted by atomic mass is 16.3. The van der Waals surface area contributed by atoms with Crippen LogP contribution >= 0.6 is 0 Å². The number of phenols is 1. The highest BCUT2D eigenvalue weighted by Gasteiger charge is 2.21. The van der Waals surface area contributed by atoms with Gasteiger partial charge < -0.3 is 16.2 Å². The molecule has 0 saturated heterocycles. The second kappa shape index (κ2) is 5.19. The summed E-state index contributed by atoms with van der Waals surface area (Å²) in [6.07, 6.45) is 4.46. The van der Waals surface area contributed by atoms with Crippen LogP contribution in [0.4, 0.5) is 0 Å². The van der Waals surface area contributed by atoms with Crippen molar-refractivity contribution in [3.05, 3.63) is 29.8 Å². The number of aromatic hydroxyl groups is 1. The van der Waals surface area contributed by atoms with Gasteiger partial charge in [0, 0.05) is 6.04 Å². The summed E-state index contributed by atoms with van der Waals surface area (Å²) >= 11 is 0. The Morgan fingerprint density at radius 3 is 2.47 bits per heavy atom. The maximum atomic E-state index is 11.9. The Hall–Kier alpha value is -1.55. The Morgan fingerprint density at radius 2 is 1.88 bits per heavy atom. The molecule has 4 heteroatoms. The molecular weight excluding hydrogens is 216 g/mol. The van der Waals surface area contributed by atoms with Crippen LogP contribution < -0.4 is 11.1 Å². The van der Waals surface area contributed by atoms with Crippen molar-refractivity contribution in [2.24, 2.45) is 5.73 Å². The second-order valence-corrected chi connectivity index (χ2v) is 4.56. The van der Waals surface area contributed by atoms with E-state index >= 15 is 0 Å². The fourth-order valence-corrected chi connectivity index (χ4v) is 2.19. The van der Waals surface area contributed by atoms with Gasteiger partial charge in [-0.1, -0.05) is 25.0 Å². The molecule has 1 aliphatic carbocycles. The molecule has 4 N–H and O–H groups in total. The van der Waals surface area contributed by atoms with E-state index in [4.69, 9.17) is 10.8 Å². The molecule has 0 heterocycles. The number of hydrogen-bond donors (Lipinski definition) is 3. The van der Waals surface area contributed by atoms with Gasteiger partial charge in [0.15, 0.2) is 0 Å². The highest BCUT2D eigenvalue weighted by molar-refractivity contribution is 5.83. The topological polar surface area (TPSA) is 75.4 Å². The van der Waals surface area contributed by atoms with Gasteiger partial charge in [-0.2, -0.15) is 0 Å². The number of carbonyl (C=O) groups excluding carboxylic acids is 1. The van der Waals surface area contributed by atoms with E-state index in [1.165, 1.54) is 25.0 Å². The average molecular weight is 234 g/mol. The van der Waals surface area contributed by atoms with Gasteiger partial charge in [0.2, 0.25) is 5.91 Å². The van der Waals surface area contributed by atoms with Crippen molar-refractivity contribution in [1.82, 2.24) is 5.32 Å². The number of amides is 1. The first-order chi connectivity index (χ1) is 8.16. The van der Waals surface area contributed by atoms with Crippen LogP contribution in [-0.4, -0.2) is 17.1 Å². The standard InChI is InChI=1S/C13H18N2O2/c14-12(9-5-7-11(16)8-6-9)13(17)15-10-3-1-2-4-10/h5-8,10,12,16H,1-4,14H2,(H,15,17)/t12-/m0/s1. The summed E-state index contributed by atoms with van der Waals surface area (Å²) in [4.78, 5) is 11.9. The van der Waals surface area contributed by atoms with Gasteiger partial charge >= 0.3 is 0 Å². The molecule has 1 amide bonds. The molecule has 1 aliphatic rings. The number of benzene rings is 1. The van der Waals surface area contributed by atoms with E-state index in [1.807, 2.05) is 0 Å². The predicted octanol–water partition coefficient (Wildman–Crippen LogP) is 1.45. The average Bonchev–Trinajstić information content (AvgIpc) is 2.82. The van der Waals surface area contributed by atoms with Gasteiger partial charge in [0.25, 0.3) is 0 Å². The zero-order valence-electron chi connectivity index (χ0n) is 9.73. The summed E-state index contributed by atoms with van der Waals surface area (Å²) in [5, 5.41) is 12.1. The van der Waals surface area contributed by atoms with Crippen LogP contribution in [0.25, 0.3) is 0 Å². The lowest BCUT2D eigenvalue weighted by atomic mass is 10.1. The zero-order chi connectivity index (χ0) is 12.3. The quantitative estimate of drug-likeness (QED) is 0.741. The van der Waals surface area contributed by atoms with Crippen molar-refractivity contribution < 1.29 is 9.90 Å². The lowest BCUT2D eigenvalue weighted by molar-refractivity contribution is -0.123. The van der Waals surface area contributed by atoms with Crippen LogP contribution in [0.5, 0.6) is 5.75 Å². The van der Waals surface area contributed by atoms with Gasteiger partial charge in [-0.15, -0.1) is 0 Å². The molecule has 0 spiro atoms. The minimum atomic E-state index is -0.656. The summed E-state index contributed by atoms with van der Waals surface area (Å²) in [6, 6.07) is 6.06. The van der Waals surface area contributed by atoms with E-state index in [0.717, 1.165) is 18.4 Å². The van der Waals surface area contributed by atoms with Crippen LogP contribution in [0.3, 0.4) is 0 Å². The Labute approximate surface area is 101 Å². The van der Waals surface area contributed by atoms with Gasteiger partial charge in [0.05, 0.1) is 0 Å². The molecule has 0 aromatic heterocycles. The van der Waals surface area contributed by atoms with Crippen molar-refractivity contribution in [3.63, 3.8) is 0 Å². The largest absolute Gasteiger partial charge is 0.508 e. The molecule has 1 atom stereocenters. The molecule has 1 aromatic carbocycles. The Morgan fingerprint density at radius 1 is 1.29 bits per heavy atom. The van der Waals surface area contributed by atoms with Gasteiger partial charge in [-0.25, -0.2) is 0 Å². The molecular formula is C13H18N2O2. The first kappa shape index (κ1) is 11.9. The third-order valence-corrected chi connectivity index (χ3v) is 3.24. The minimum Gasteiger partial charge on any atom is -0.508 e. The monoisotopic (exact) mass is 234 g/mol. The van der Waals surface area contributed by atoms with E-state index in [-0.39, 0.29) is 17.7 Å². The third kappa shape index (κ3) is 2.97. The van der Waals surface area contributed by atoms with Crippen LogP contribution in [0.2, 0.25) is 0 Å². The zero-order valence-corrected chi connectivity index (χ0v) is 9.73. The number of nitrogens with two attached hydrogens (primary N) is 1. The predicted molar refractivity (Wildman–Crippen MR) is 65.4 cm³/mol. The first-order valence-electron chi connectivity index (χ1n) is 6.01. The fourth-order valence-electron chi connectivity index (χ4n) is 2.19. The molecule has 92 valence electrons. The maximum absolute atomic E-state index is 11.9. The molecule has 2 rings (SSSR count). The Kier molecular flexibility index (Phi) is 3.64. The number of rotatable bonds is 3. The molecule has 17 heavy (non-hydrogen) atoms. The lowest BCUT2D eigenvalue weighted by Gasteiger charge is -2.16. The van der Waals surface area contributed by atoms with Gasteiger partial charge in [-0.3, -0.25) is 4.79 Å². The molecule has 1 saturated carbocycles. The number of carbonyl (C=O) groups is 1. The number of nitrogens with one attached hydrogen (secondary N) is 1. The molecule has 0 aliphatic heterocycles. The maximum Gasteiger partial charge on any atom is 0.241 e. The van der Waals surface area contributed by atoms with Crippen LogP contribution in [-0.2, 0) is 4.79 Å². The van der Waals surface area contributed by atoms with Crippen molar-refractivity contribution in [2.45, 2.75) is 37.8 Å². The smallest absolute Gasteiger partial charge is 0.241 e. The number of hydrogen-bond acceptors (Lipinski definition) is 3. The summed E-state index contributed by atoms with van der Waals surface area (Å²) in [5.41, 5.74) is 6.59. The summed E-state index contributed by atoms with van der Waals surface area (Å²) < 4.78 is 0. The molecule has 0 bridgehead atoms. The summed E-state index contributed by atoms with van der Waals surface area (Å²) in [6.45, 7) is 0. The second-order valence-electron chi connectivity index (χ2n) is 4.56. The third-order valence-electron chi connectivity index (χ3n) is 3.24. The van der Waals surface area contributed by atoms with Crippen molar-refractivity contribution in [1.29, 1.82) is 0 Å². The summed E-state index contributed by atoms with van der Waals surface area (Å²) in [5.74, 6) is 0.0414. The SMILES string of the molecule is N[C@H](C(=O)NC1CCCC1)c1ccc(O)cc1. The Balaban J connectivity index is 1.96. The van der Waals surface area contributed by atoms with Crippen molar-refractivity contribution in [3.8, 4) is 5.75 Å². The van der Waals surface area contributed by atoms with E-state index in [9.17, 15) is 4.79 Å². The Bertz CT molecular complexity index is 383. The van der Waals surface area contributed by atoms with E-state index in [1.54, 1.807) is 12.1 Å². The highest BCUT2D eigenvalue weighted by Crippen LogP contribution is 2.19.